The standard InChI is InChI=1S/C36H39FN4O4S/c1-21(2)41-32-19-27(37)12-17-31(32)38-36(41)30-11-9-10-22(3)34(30)39-33(42)20-45-29-15-13-28(14-16-29)40(8)46(43,44)35-25(6)23(4)18-24(5)26(35)7/h9-19,21H,20H2,1-8H3,(H,39,42). The molecule has 0 unspecified atom stereocenters. The van der Waals surface area contributed by atoms with Crippen molar-refractivity contribution in [1.29, 1.82) is 0 Å². The summed E-state index contributed by atoms with van der Waals surface area (Å²) in [4.78, 5) is 18.2. The summed E-state index contributed by atoms with van der Waals surface area (Å²) in [7, 11) is -2.29. The number of carbonyl (C=O) groups excluding carboxylic acids is 1. The number of ether oxygens (including phenoxy) is 1. The number of benzene rings is 4. The zero-order valence-electron chi connectivity index (χ0n) is 27.4. The van der Waals surface area contributed by atoms with Crippen LogP contribution in [0, 0.1) is 40.4 Å². The minimum absolute atomic E-state index is 0.0137. The smallest absolute Gasteiger partial charge is 0.264 e. The molecule has 0 aliphatic carbocycles. The third kappa shape index (κ3) is 6.09. The Hall–Kier alpha value is -4.70. The van der Waals surface area contributed by atoms with Crippen LogP contribution in [0.5, 0.6) is 5.75 Å². The van der Waals surface area contributed by atoms with Gasteiger partial charge in [0.1, 0.15) is 17.4 Å². The number of para-hydroxylation sites is 1. The average Bonchev–Trinajstić information content (AvgIpc) is 3.38. The Morgan fingerprint density at radius 1 is 0.935 bits per heavy atom. The predicted molar refractivity (Wildman–Crippen MR) is 182 cm³/mol. The van der Waals surface area contributed by atoms with E-state index in [0.29, 0.717) is 44.4 Å². The Balaban J connectivity index is 1.33. The van der Waals surface area contributed by atoms with Gasteiger partial charge in [-0.3, -0.25) is 9.10 Å². The van der Waals surface area contributed by atoms with Crippen LogP contribution in [0.1, 0.15) is 47.7 Å². The van der Waals surface area contributed by atoms with Crippen molar-refractivity contribution < 1.29 is 22.3 Å². The van der Waals surface area contributed by atoms with Crippen LogP contribution in [-0.4, -0.2) is 37.5 Å². The molecule has 0 fully saturated rings. The van der Waals surface area contributed by atoms with Gasteiger partial charge in [0.2, 0.25) is 0 Å². The molecule has 10 heteroatoms. The summed E-state index contributed by atoms with van der Waals surface area (Å²) in [5.74, 6) is 0.315. The zero-order valence-corrected chi connectivity index (χ0v) is 28.2. The molecule has 0 radical (unpaired) electrons. The molecule has 46 heavy (non-hydrogen) atoms. The number of hydrogen-bond acceptors (Lipinski definition) is 5. The van der Waals surface area contributed by atoms with E-state index in [9.17, 15) is 17.6 Å². The van der Waals surface area contributed by atoms with Crippen LogP contribution in [0.3, 0.4) is 0 Å². The molecule has 1 aromatic heterocycles. The fourth-order valence-electron chi connectivity index (χ4n) is 5.72. The van der Waals surface area contributed by atoms with Crippen LogP contribution in [0.4, 0.5) is 15.8 Å². The summed E-state index contributed by atoms with van der Waals surface area (Å²) < 4.78 is 50.4. The van der Waals surface area contributed by atoms with E-state index in [1.54, 1.807) is 30.3 Å². The number of carbonyl (C=O) groups is 1. The number of fused-ring (bicyclic) bond motifs is 1. The minimum atomic E-state index is -3.82. The normalized spacial score (nSPS) is 11.7. The average molecular weight is 643 g/mol. The first kappa shape index (κ1) is 32.7. The van der Waals surface area contributed by atoms with Crippen LogP contribution < -0.4 is 14.4 Å². The highest BCUT2D eigenvalue weighted by Crippen LogP contribution is 2.35. The van der Waals surface area contributed by atoms with Gasteiger partial charge in [-0.25, -0.2) is 17.8 Å². The lowest BCUT2D eigenvalue weighted by Gasteiger charge is -2.24. The summed E-state index contributed by atoms with van der Waals surface area (Å²) in [6, 6.07) is 18.7. The first-order valence-corrected chi connectivity index (χ1v) is 16.5. The molecule has 0 spiro atoms. The fraction of sp³-hybridized carbons (Fsp3) is 0.278. The number of rotatable bonds is 9. The maximum absolute atomic E-state index is 14.1. The molecule has 0 atom stereocenters. The largest absolute Gasteiger partial charge is 0.484 e. The highest BCUT2D eigenvalue weighted by molar-refractivity contribution is 7.93. The number of nitrogens with one attached hydrogen (secondary N) is 1. The Morgan fingerprint density at radius 3 is 2.22 bits per heavy atom. The minimum Gasteiger partial charge on any atom is -0.484 e. The van der Waals surface area contributed by atoms with E-state index >= 15 is 0 Å². The van der Waals surface area contributed by atoms with Crippen molar-refractivity contribution >= 4 is 38.3 Å². The zero-order chi connectivity index (χ0) is 33.5. The van der Waals surface area contributed by atoms with Gasteiger partial charge in [-0.2, -0.15) is 0 Å². The highest BCUT2D eigenvalue weighted by Gasteiger charge is 2.27. The van der Waals surface area contributed by atoms with Crippen LogP contribution in [0.2, 0.25) is 0 Å². The van der Waals surface area contributed by atoms with Crippen LogP contribution >= 0.6 is 0 Å². The summed E-state index contributed by atoms with van der Waals surface area (Å²) >= 11 is 0. The lowest BCUT2D eigenvalue weighted by atomic mass is 10.0. The summed E-state index contributed by atoms with van der Waals surface area (Å²) in [5, 5.41) is 2.98. The lowest BCUT2D eigenvalue weighted by Crippen LogP contribution is -2.28. The van der Waals surface area contributed by atoms with Crippen molar-refractivity contribution in [1.82, 2.24) is 9.55 Å². The van der Waals surface area contributed by atoms with Crippen LogP contribution in [0.25, 0.3) is 22.4 Å². The molecule has 4 aromatic carbocycles. The van der Waals surface area contributed by atoms with Gasteiger partial charge in [0.05, 0.1) is 27.3 Å². The number of anilines is 2. The Kier molecular flexibility index (Phi) is 8.95. The molecule has 0 bridgehead atoms. The van der Waals surface area contributed by atoms with Crippen molar-refractivity contribution in [2.45, 2.75) is 59.4 Å². The van der Waals surface area contributed by atoms with E-state index in [4.69, 9.17) is 9.72 Å². The lowest BCUT2D eigenvalue weighted by molar-refractivity contribution is -0.118. The molecule has 5 aromatic rings. The SMILES string of the molecule is Cc1cc(C)c(C)c(S(=O)(=O)N(C)c2ccc(OCC(=O)Nc3c(C)cccc3-c3nc4ccc(F)cc4n3C(C)C)cc2)c1C. The summed E-state index contributed by atoms with van der Waals surface area (Å²) in [5.41, 5.74) is 7.24. The number of halogens is 1. The molecule has 1 amide bonds. The van der Waals surface area contributed by atoms with Crippen molar-refractivity contribution in [2.24, 2.45) is 0 Å². The molecule has 1 N–H and O–H groups in total. The number of aryl methyl sites for hydroxylation is 3. The van der Waals surface area contributed by atoms with Gasteiger partial charge >= 0.3 is 0 Å². The molecule has 8 nitrogen and oxygen atoms in total. The van der Waals surface area contributed by atoms with Gasteiger partial charge < -0.3 is 14.6 Å². The molecule has 240 valence electrons. The van der Waals surface area contributed by atoms with Crippen molar-refractivity contribution in [3.63, 3.8) is 0 Å². The van der Waals surface area contributed by atoms with Gasteiger partial charge in [0.15, 0.2) is 6.61 Å². The second-order valence-electron chi connectivity index (χ2n) is 11.9. The second-order valence-corrected chi connectivity index (χ2v) is 13.8. The van der Waals surface area contributed by atoms with E-state index in [0.717, 1.165) is 27.8 Å². The van der Waals surface area contributed by atoms with Gasteiger partial charge in [0, 0.05) is 18.7 Å². The van der Waals surface area contributed by atoms with Gasteiger partial charge in [0.25, 0.3) is 15.9 Å². The summed E-state index contributed by atoms with van der Waals surface area (Å²) in [6.07, 6.45) is 0. The molecule has 5 rings (SSSR count). The Bertz CT molecular complexity index is 2040. The summed E-state index contributed by atoms with van der Waals surface area (Å²) in [6.45, 7) is 13.1. The molecular formula is C36H39FN4O4S. The maximum atomic E-state index is 14.1. The number of aromatic nitrogens is 2. The Labute approximate surface area is 269 Å². The van der Waals surface area contributed by atoms with E-state index in [1.165, 1.54) is 23.5 Å². The van der Waals surface area contributed by atoms with Gasteiger partial charge in [-0.15, -0.1) is 0 Å². The first-order valence-electron chi connectivity index (χ1n) is 15.1. The van der Waals surface area contributed by atoms with Crippen molar-refractivity contribution in [3.8, 4) is 17.1 Å². The quantitative estimate of drug-likeness (QED) is 0.177. The number of nitrogens with zero attached hydrogens (tertiary/aromatic N) is 3. The molecule has 0 aliphatic rings. The predicted octanol–water partition coefficient (Wildman–Crippen LogP) is 7.81. The van der Waals surface area contributed by atoms with Gasteiger partial charge in [-0.05, 0) is 125 Å². The topological polar surface area (TPSA) is 93.5 Å². The number of hydrogen-bond donors (Lipinski definition) is 1. The number of sulfonamides is 1. The third-order valence-corrected chi connectivity index (χ3v) is 10.5. The van der Waals surface area contributed by atoms with E-state index in [1.807, 2.05) is 77.3 Å². The molecule has 0 aliphatic heterocycles. The fourth-order valence-corrected chi connectivity index (χ4v) is 7.49. The van der Waals surface area contributed by atoms with E-state index < -0.39 is 10.0 Å². The highest BCUT2D eigenvalue weighted by atomic mass is 32.2. The van der Waals surface area contributed by atoms with E-state index in [2.05, 4.69) is 5.32 Å². The number of amides is 1. The number of imidazole rings is 1. The second kappa shape index (κ2) is 12.6. The van der Waals surface area contributed by atoms with Crippen LogP contribution in [-0.2, 0) is 14.8 Å². The van der Waals surface area contributed by atoms with Gasteiger partial charge in [-0.1, -0.05) is 18.2 Å². The monoisotopic (exact) mass is 642 g/mol. The molecule has 1 heterocycles. The molecule has 0 saturated heterocycles. The van der Waals surface area contributed by atoms with Crippen molar-refractivity contribution in [3.05, 3.63) is 100 Å². The van der Waals surface area contributed by atoms with E-state index in [-0.39, 0.29) is 24.4 Å². The molecule has 0 saturated carbocycles. The Morgan fingerprint density at radius 2 is 1.59 bits per heavy atom. The van der Waals surface area contributed by atoms with Crippen molar-refractivity contribution in [2.75, 3.05) is 23.3 Å². The third-order valence-electron chi connectivity index (χ3n) is 8.43. The maximum Gasteiger partial charge on any atom is 0.264 e. The van der Waals surface area contributed by atoms with Crippen LogP contribution in [0.15, 0.2) is 71.6 Å². The molecular weight excluding hydrogens is 603 g/mol. The first-order chi connectivity index (χ1) is 21.7.